The van der Waals surface area contributed by atoms with Crippen LogP contribution in [0.1, 0.15) is 28.5 Å². The van der Waals surface area contributed by atoms with Crippen molar-refractivity contribution in [2.45, 2.75) is 13.8 Å². The number of hydrogen-bond donors (Lipinski definition) is 2. The lowest BCUT2D eigenvalue weighted by Crippen LogP contribution is -2.13. The van der Waals surface area contributed by atoms with E-state index in [1.807, 2.05) is 31.2 Å². The van der Waals surface area contributed by atoms with E-state index in [1.165, 1.54) is 6.20 Å². The zero-order chi connectivity index (χ0) is 13.8. The fourth-order valence-corrected chi connectivity index (χ4v) is 1.58. The van der Waals surface area contributed by atoms with Gasteiger partial charge in [-0.1, -0.05) is 17.7 Å². The normalized spacial score (nSPS) is 10.0. The topological polar surface area (TPSA) is 65.8 Å². The molecule has 4 nitrogen and oxygen atoms in total. The Morgan fingerprint density at radius 1 is 1.16 bits per heavy atom. The van der Waals surface area contributed by atoms with Crippen LogP contribution in [0.3, 0.4) is 0 Å². The maximum Gasteiger partial charge on any atom is 0.274 e. The molecule has 2 aromatic rings. The Kier molecular flexibility index (Phi) is 3.71. The summed E-state index contributed by atoms with van der Waals surface area (Å²) in [5.41, 5.74) is 3.36. The first-order valence-corrected chi connectivity index (χ1v) is 5.96. The highest BCUT2D eigenvalue weighted by atomic mass is 16.1. The van der Waals surface area contributed by atoms with Crippen LogP contribution in [0.25, 0.3) is 0 Å². The standard InChI is InChI=1S/C15H15N3O/c1-10-3-6-13(7-4-10)18-15(19)14-8-5-12(9-17-14)11(2)16/h3-9,16H,1-2H3,(H,18,19). The molecule has 0 saturated carbocycles. The van der Waals surface area contributed by atoms with Crippen molar-refractivity contribution in [1.82, 2.24) is 4.98 Å². The van der Waals surface area contributed by atoms with Crippen molar-refractivity contribution in [1.29, 1.82) is 5.41 Å². The van der Waals surface area contributed by atoms with Crippen molar-refractivity contribution in [3.05, 3.63) is 59.4 Å². The van der Waals surface area contributed by atoms with Crippen molar-refractivity contribution in [3.8, 4) is 0 Å². The molecule has 0 unspecified atom stereocenters. The summed E-state index contributed by atoms with van der Waals surface area (Å²) in [6, 6.07) is 10.9. The summed E-state index contributed by atoms with van der Waals surface area (Å²) in [5.74, 6) is -0.252. The molecule has 0 bridgehead atoms. The SMILES string of the molecule is CC(=N)c1ccc(C(=O)Nc2ccc(C)cc2)nc1. The van der Waals surface area contributed by atoms with Gasteiger partial charge in [-0.05, 0) is 38.1 Å². The van der Waals surface area contributed by atoms with Gasteiger partial charge in [-0.2, -0.15) is 0 Å². The van der Waals surface area contributed by atoms with Gasteiger partial charge in [0.2, 0.25) is 0 Å². The zero-order valence-electron chi connectivity index (χ0n) is 10.9. The average Bonchev–Trinajstić information content (AvgIpc) is 2.41. The second kappa shape index (κ2) is 5.44. The number of carbonyl (C=O) groups is 1. The lowest BCUT2D eigenvalue weighted by Gasteiger charge is -2.05. The summed E-state index contributed by atoms with van der Waals surface area (Å²) in [4.78, 5) is 16.0. The molecule has 2 N–H and O–H groups in total. The van der Waals surface area contributed by atoms with Crippen LogP contribution in [0.15, 0.2) is 42.6 Å². The van der Waals surface area contributed by atoms with Crippen LogP contribution in [0.2, 0.25) is 0 Å². The number of hydrogen-bond acceptors (Lipinski definition) is 3. The van der Waals surface area contributed by atoms with Crippen LogP contribution < -0.4 is 5.32 Å². The molecule has 1 amide bonds. The molecule has 1 aromatic carbocycles. The number of carbonyl (C=O) groups excluding carboxylic acids is 1. The van der Waals surface area contributed by atoms with Gasteiger partial charge in [0.05, 0.1) is 0 Å². The Bertz CT molecular complexity index is 600. The molecule has 19 heavy (non-hydrogen) atoms. The highest BCUT2D eigenvalue weighted by molar-refractivity contribution is 6.03. The smallest absolute Gasteiger partial charge is 0.274 e. The first-order valence-electron chi connectivity index (χ1n) is 5.96. The van der Waals surface area contributed by atoms with Gasteiger partial charge in [-0.3, -0.25) is 9.78 Å². The number of nitrogens with zero attached hydrogens (tertiary/aromatic N) is 1. The van der Waals surface area contributed by atoms with Crippen molar-refractivity contribution >= 4 is 17.3 Å². The van der Waals surface area contributed by atoms with E-state index in [4.69, 9.17) is 5.41 Å². The molecule has 0 radical (unpaired) electrons. The third kappa shape index (κ3) is 3.25. The number of nitrogens with one attached hydrogen (secondary N) is 2. The van der Waals surface area contributed by atoms with Gasteiger partial charge in [-0.15, -0.1) is 0 Å². The second-order valence-corrected chi connectivity index (χ2v) is 4.38. The van der Waals surface area contributed by atoms with E-state index >= 15 is 0 Å². The average molecular weight is 253 g/mol. The highest BCUT2D eigenvalue weighted by Gasteiger charge is 2.07. The fourth-order valence-electron chi connectivity index (χ4n) is 1.58. The Labute approximate surface area is 112 Å². The lowest BCUT2D eigenvalue weighted by atomic mass is 10.2. The summed E-state index contributed by atoms with van der Waals surface area (Å²) < 4.78 is 0. The molecule has 0 aliphatic rings. The predicted octanol–water partition coefficient (Wildman–Crippen LogP) is 3.03. The maximum atomic E-state index is 12.0. The minimum Gasteiger partial charge on any atom is -0.321 e. The molecule has 0 saturated heterocycles. The van der Waals surface area contributed by atoms with Gasteiger partial charge < -0.3 is 10.7 Å². The first-order chi connectivity index (χ1) is 9.06. The van der Waals surface area contributed by atoms with Crippen LogP contribution in [0, 0.1) is 12.3 Å². The van der Waals surface area contributed by atoms with E-state index in [-0.39, 0.29) is 5.91 Å². The van der Waals surface area contributed by atoms with Gasteiger partial charge in [0, 0.05) is 23.2 Å². The van der Waals surface area contributed by atoms with Gasteiger partial charge in [0.15, 0.2) is 0 Å². The number of amides is 1. The number of anilines is 1. The van der Waals surface area contributed by atoms with E-state index in [0.717, 1.165) is 11.3 Å². The van der Waals surface area contributed by atoms with Crippen molar-refractivity contribution < 1.29 is 4.79 Å². The minimum absolute atomic E-state index is 0.252. The zero-order valence-corrected chi connectivity index (χ0v) is 10.9. The Morgan fingerprint density at radius 3 is 2.37 bits per heavy atom. The minimum atomic E-state index is -0.252. The molecule has 4 heteroatoms. The molecule has 96 valence electrons. The summed E-state index contributed by atoms with van der Waals surface area (Å²) >= 11 is 0. The maximum absolute atomic E-state index is 12.0. The molecule has 1 heterocycles. The van der Waals surface area contributed by atoms with E-state index in [2.05, 4.69) is 10.3 Å². The van der Waals surface area contributed by atoms with E-state index in [9.17, 15) is 4.79 Å². The third-order valence-electron chi connectivity index (χ3n) is 2.74. The van der Waals surface area contributed by atoms with E-state index in [0.29, 0.717) is 17.0 Å². The Hall–Kier alpha value is -2.49. The number of aryl methyl sites for hydroxylation is 1. The largest absolute Gasteiger partial charge is 0.321 e. The second-order valence-electron chi connectivity index (χ2n) is 4.38. The van der Waals surface area contributed by atoms with Crippen LogP contribution >= 0.6 is 0 Å². The van der Waals surface area contributed by atoms with Gasteiger partial charge in [-0.25, -0.2) is 0 Å². The number of rotatable bonds is 3. The summed E-state index contributed by atoms with van der Waals surface area (Å²) in [5, 5.41) is 10.3. The monoisotopic (exact) mass is 253 g/mol. The third-order valence-corrected chi connectivity index (χ3v) is 2.74. The quantitative estimate of drug-likeness (QED) is 0.826. The van der Waals surface area contributed by atoms with Gasteiger partial charge >= 0.3 is 0 Å². The van der Waals surface area contributed by atoms with Crippen LogP contribution in [0.5, 0.6) is 0 Å². The predicted molar refractivity (Wildman–Crippen MR) is 75.9 cm³/mol. The Balaban J connectivity index is 2.11. The molecule has 0 aliphatic heterocycles. The Morgan fingerprint density at radius 2 is 1.84 bits per heavy atom. The highest BCUT2D eigenvalue weighted by Crippen LogP contribution is 2.10. The van der Waals surface area contributed by atoms with Gasteiger partial charge in [0.25, 0.3) is 5.91 Å². The molecular weight excluding hydrogens is 238 g/mol. The van der Waals surface area contributed by atoms with Crippen LogP contribution in [0.4, 0.5) is 5.69 Å². The molecule has 1 aromatic heterocycles. The molecule has 0 atom stereocenters. The molecular formula is C15H15N3O. The summed E-state index contributed by atoms with van der Waals surface area (Å²) in [7, 11) is 0. The van der Waals surface area contributed by atoms with E-state index in [1.54, 1.807) is 19.1 Å². The molecule has 0 fully saturated rings. The van der Waals surface area contributed by atoms with E-state index < -0.39 is 0 Å². The van der Waals surface area contributed by atoms with Crippen LogP contribution in [-0.4, -0.2) is 16.6 Å². The number of benzene rings is 1. The van der Waals surface area contributed by atoms with Crippen LogP contribution in [-0.2, 0) is 0 Å². The van der Waals surface area contributed by atoms with Crippen molar-refractivity contribution in [2.24, 2.45) is 0 Å². The summed E-state index contributed by atoms with van der Waals surface area (Å²) in [6.45, 7) is 3.68. The number of aromatic nitrogens is 1. The molecule has 2 rings (SSSR count). The number of pyridine rings is 1. The molecule has 0 spiro atoms. The van der Waals surface area contributed by atoms with Gasteiger partial charge in [0.1, 0.15) is 5.69 Å². The van der Waals surface area contributed by atoms with Crippen molar-refractivity contribution in [3.63, 3.8) is 0 Å². The fraction of sp³-hybridized carbons (Fsp3) is 0.133. The van der Waals surface area contributed by atoms with Crippen molar-refractivity contribution in [2.75, 3.05) is 5.32 Å². The first kappa shape index (κ1) is 13.0. The lowest BCUT2D eigenvalue weighted by molar-refractivity contribution is 0.102. The summed E-state index contributed by atoms with van der Waals surface area (Å²) in [6.07, 6.45) is 1.53. The molecule has 0 aliphatic carbocycles.